The third-order valence-electron chi connectivity index (χ3n) is 5.13. The van der Waals surface area contributed by atoms with Crippen LogP contribution in [0.3, 0.4) is 0 Å². The maximum atomic E-state index is 12.0. The van der Waals surface area contributed by atoms with Gasteiger partial charge in [-0.2, -0.15) is 0 Å². The largest absolute Gasteiger partial charge is 0.371 e. The van der Waals surface area contributed by atoms with Gasteiger partial charge in [0.2, 0.25) is 11.8 Å². The molecule has 0 aromatic carbocycles. The van der Waals surface area contributed by atoms with E-state index in [1.165, 1.54) is 25.7 Å². The van der Waals surface area contributed by atoms with E-state index in [0.29, 0.717) is 37.5 Å². The van der Waals surface area contributed by atoms with Crippen LogP contribution < -0.4 is 10.6 Å². The highest BCUT2D eigenvalue weighted by molar-refractivity contribution is 5.78. The number of nitrogens with one attached hydrogen (secondary N) is 2. The quantitative estimate of drug-likeness (QED) is 0.594. The zero-order valence-electron chi connectivity index (χ0n) is 14.4. The van der Waals surface area contributed by atoms with E-state index in [0.717, 1.165) is 19.3 Å². The first-order chi connectivity index (χ1) is 11.7. The number of hydrogen-bond acceptors (Lipinski definition) is 4. The molecule has 0 aromatic heterocycles. The van der Waals surface area contributed by atoms with Crippen molar-refractivity contribution in [3.8, 4) is 0 Å². The van der Waals surface area contributed by atoms with Gasteiger partial charge in [0, 0.05) is 12.6 Å². The molecule has 24 heavy (non-hydrogen) atoms. The highest BCUT2D eigenvalue weighted by Crippen LogP contribution is 2.29. The fourth-order valence-electron chi connectivity index (χ4n) is 3.22. The van der Waals surface area contributed by atoms with E-state index in [9.17, 15) is 9.59 Å². The summed E-state index contributed by atoms with van der Waals surface area (Å²) in [6.45, 7) is 2.32. The fourth-order valence-corrected chi connectivity index (χ4v) is 3.22. The first kappa shape index (κ1) is 17.7. The molecular weight excluding hydrogens is 308 g/mol. The predicted molar refractivity (Wildman–Crippen MR) is 89.4 cm³/mol. The molecule has 0 spiro atoms. The Bertz CT molecular complexity index is 435. The zero-order valence-corrected chi connectivity index (χ0v) is 14.4. The van der Waals surface area contributed by atoms with E-state index >= 15 is 0 Å². The summed E-state index contributed by atoms with van der Waals surface area (Å²) in [6.07, 6.45) is 8.04. The number of carbonyl (C=O) groups excluding carboxylic acids is 2. The molecule has 0 bridgehead atoms. The maximum absolute atomic E-state index is 12.0. The second-order valence-corrected chi connectivity index (χ2v) is 7.59. The van der Waals surface area contributed by atoms with Crippen molar-refractivity contribution in [2.45, 2.75) is 51.0 Å². The van der Waals surface area contributed by atoms with Gasteiger partial charge in [-0.3, -0.25) is 9.59 Å². The Labute approximate surface area is 144 Å². The highest BCUT2D eigenvalue weighted by Gasteiger charge is 2.29. The van der Waals surface area contributed by atoms with Gasteiger partial charge in [0.25, 0.3) is 0 Å². The lowest BCUT2D eigenvalue weighted by Gasteiger charge is -2.21. The van der Waals surface area contributed by atoms with E-state index in [2.05, 4.69) is 10.6 Å². The highest BCUT2D eigenvalue weighted by atomic mass is 16.5. The third-order valence-corrected chi connectivity index (χ3v) is 5.13. The van der Waals surface area contributed by atoms with Gasteiger partial charge in [0.1, 0.15) is 13.2 Å². The molecule has 2 atom stereocenters. The summed E-state index contributed by atoms with van der Waals surface area (Å²) >= 11 is 0. The van der Waals surface area contributed by atoms with E-state index in [1.54, 1.807) is 0 Å². The Morgan fingerprint density at radius 2 is 1.46 bits per heavy atom. The van der Waals surface area contributed by atoms with Gasteiger partial charge in [-0.25, -0.2) is 0 Å². The number of ether oxygens (including phenoxy) is 2. The van der Waals surface area contributed by atoms with Gasteiger partial charge >= 0.3 is 0 Å². The Kier molecular flexibility index (Phi) is 6.49. The lowest BCUT2D eigenvalue weighted by Crippen LogP contribution is -2.43. The molecule has 0 aliphatic heterocycles. The van der Waals surface area contributed by atoms with Crippen molar-refractivity contribution in [3.63, 3.8) is 0 Å². The normalized spacial score (nSPS) is 26.3. The van der Waals surface area contributed by atoms with Gasteiger partial charge in [0.05, 0.1) is 13.2 Å². The minimum atomic E-state index is -0.0552. The summed E-state index contributed by atoms with van der Waals surface area (Å²) in [5, 5.41) is 6.01. The molecule has 2 amide bonds. The third kappa shape index (κ3) is 6.40. The molecule has 6 heteroatoms. The average molecular weight is 338 g/mol. The molecule has 136 valence electrons. The SMILES string of the molecule is O=C(COCC1CC1)NC[C@@H]1CCC[C@H]1NC(=O)COCC1CC1. The van der Waals surface area contributed by atoms with E-state index in [4.69, 9.17) is 9.47 Å². The molecule has 0 unspecified atom stereocenters. The van der Waals surface area contributed by atoms with Crippen molar-refractivity contribution in [1.29, 1.82) is 0 Å². The Hall–Kier alpha value is -1.14. The summed E-state index contributed by atoms with van der Waals surface area (Å²) in [5.41, 5.74) is 0. The first-order valence-electron chi connectivity index (χ1n) is 9.42. The van der Waals surface area contributed by atoms with E-state index < -0.39 is 0 Å². The molecule has 3 aliphatic rings. The van der Waals surface area contributed by atoms with Crippen LogP contribution in [0.15, 0.2) is 0 Å². The van der Waals surface area contributed by atoms with Gasteiger partial charge in [-0.15, -0.1) is 0 Å². The number of carbonyl (C=O) groups is 2. The molecule has 3 saturated carbocycles. The van der Waals surface area contributed by atoms with Crippen molar-refractivity contribution < 1.29 is 19.1 Å². The Morgan fingerprint density at radius 3 is 2.08 bits per heavy atom. The minimum Gasteiger partial charge on any atom is -0.371 e. The molecule has 0 heterocycles. The van der Waals surface area contributed by atoms with Crippen LogP contribution in [-0.4, -0.2) is 50.8 Å². The molecule has 0 aromatic rings. The zero-order chi connectivity index (χ0) is 16.8. The van der Waals surface area contributed by atoms with Crippen LogP contribution in [0.2, 0.25) is 0 Å². The van der Waals surface area contributed by atoms with Crippen molar-refractivity contribution in [1.82, 2.24) is 10.6 Å². The molecule has 3 rings (SSSR count). The molecule has 0 saturated heterocycles. The standard InChI is InChI=1S/C18H30N2O4/c21-17(11-23-9-13-4-5-13)19-8-15-2-1-3-16(15)20-18(22)12-24-10-14-6-7-14/h13-16H,1-12H2,(H,19,21)(H,20,22)/t15-,16+/m0/s1. The molecule has 6 nitrogen and oxygen atoms in total. The maximum Gasteiger partial charge on any atom is 0.246 e. The van der Waals surface area contributed by atoms with Crippen molar-refractivity contribution >= 4 is 11.8 Å². The Morgan fingerprint density at radius 1 is 0.833 bits per heavy atom. The van der Waals surface area contributed by atoms with Crippen molar-refractivity contribution in [2.24, 2.45) is 17.8 Å². The van der Waals surface area contributed by atoms with Crippen LogP contribution in [0.25, 0.3) is 0 Å². The lowest BCUT2D eigenvalue weighted by molar-refractivity contribution is -0.126. The van der Waals surface area contributed by atoms with Crippen LogP contribution in [0.1, 0.15) is 44.9 Å². The number of amides is 2. The van der Waals surface area contributed by atoms with Gasteiger partial charge < -0.3 is 20.1 Å². The average Bonchev–Trinajstić information content (AvgIpc) is 3.47. The summed E-state index contributed by atoms with van der Waals surface area (Å²) in [7, 11) is 0. The summed E-state index contributed by atoms with van der Waals surface area (Å²) in [4.78, 5) is 23.8. The summed E-state index contributed by atoms with van der Waals surface area (Å²) in [5.74, 6) is 1.57. The van der Waals surface area contributed by atoms with Crippen LogP contribution >= 0.6 is 0 Å². The first-order valence-corrected chi connectivity index (χ1v) is 9.42. The van der Waals surface area contributed by atoms with E-state index in [-0.39, 0.29) is 31.1 Å². The smallest absolute Gasteiger partial charge is 0.246 e. The number of rotatable bonds is 11. The summed E-state index contributed by atoms with van der Waals surface area (Å²) < 4.78 is 10.8. The van der Waals surface area contributed by atoms with Crippen LogP contribution in [0, 0.1) is 17.8 Å². The van der Waals surface area contributed by atoms with Gasteiger partial charge in [-0.1, -0.05) is 6.42 Å². The van der Waals surface area contributed by atoms with Crippen LogP contribution in [0.5, 0.6) is 0 Å². The van der Waals surface area contributed by atoms with Gasteiger partial charge in [0.15, 0.2) is 0 Å². The molecule has 3 aliphatic carbocycles. The molecular formula is C18H30N2O4. The fraction of sp³-hybridized carbons (Fsp3) is 0.889. The second kappa shape index (κ2) is 8.81. The summed E-state index contributed by atoms with van der Waals surface area (Å²) in [6, 6.07) is 0.148. The molecule has 2 N–H and O–H groups in total. The van der Waals surface area contributed by atoms with E-state index in [1.807, 2.05) is 0 Å². The number of hydrogen-bond donors (Lipinski definition) is 2. The minimum absolute atomic E-state index is 0.0355. The Balaban J connectivity index is 1.27. The van der Waals surface area contributed by atoms with Gasteiger partial charge in [-0.05, 0) is 56.3 Å². The second-order valence-electron chi connectivity index (χ2n) is 7.59. The topological polar surface area (TPSA) is 76.7 Å². The predicted octanol–water partition coefficient (Wildman–Crippen LogP) is 1.24. The van der Waals surface area contributed by atoms with Crippen molar-refractivity contribution in [3.05, 3.63) is 0 Å². The van der Waals surface area contributed by atoms with Crippen LogP contribution in [-0.2, 0) is 19.1 Å². The monoisotopic (exact) mass is 338 g/mol. The lowest BCUT2D eigenvalue weighted by atomic mass is 10.0. The van der Waals surface area contributed by atoms with Crippen molar-refractivity contribution in [2.75, 3.05) is 33.0 Å². The van der Waals surface area contributed by atoms with Crippen LogP contribution in [0.4, 0.5) is 0 Å². The molecule has 3 fully saturated rings. The molecule has 0 radical (unpaired) electrons.